The van der Waals surface area contributed by atoms with Gasteiger partial charge in [-0.05, 0) is 73.7 Å². The summed E-state index contributed by atoms with van der Waals surface area (Å²) in [4.78, 5) is 0. The molecule has 1 aliphatic rings. The maximum atomic E-state index is 13.3. The first-order chi connectivity index (χ1) is 11.1. The van der Waals surface area contributed by atoms with Crippen LogP contribution in [0.1, 0.15) is 35.4 Å². The monoisotopic (exact) mass is 317 g/mol. The van der Waals surface area contributed by atoms with Gasteiger partial charge in [-0.25, -0.2) is 8.78 Å². The number of hydrogen-bond acceptors (Lipinski definition) is 2. The summed E-state index contributed by atoms with van der Waals surface area (Å²) in [6.07, 6.45) is 2.26. The molecule has 2 nitrogen and oxygen atoms in total. The molecule has 0 aromatic heterocycles. The Morgan fingerprint density at radius 3 is 2.61 bits per heavy atom. The van der Waals surface area contributed by atoms with Gasteiger partial charge in [-0.1, -0.05) is 18.2 Å². The van der Waals surface area contributed by atoms with Gasteiger partial charge in [-0.15, -0.1) is 0 Å². The zero-order valence-corrected chi connectivity index (χ0v) is 13.2. The standard InChI is InChI=1S/C19H21F2NO/c1-13-16(15-7-9-22-10-8-15)3-2-4-19(13)23-12-14-5-6-17(20)18(21)11-14/h2-6,11,15,22H,7-10,12H2,1H3. The minimum absolute atomic E-state index is 0.230. The third-order valence-electron chi connectivity index (χ3n) is 4.48. The first-order valence-electron chi connectivity index (χ1n) is 8.02. The van der Waals surface area contributed by atoms with Gasteiger partial charge in [-0.2, -0.15) is 0 Å². The second-order valence-corrected chi connectivity index (χ2v) is 6.03. The smallest absolute Gasteiger partial charge is 0.159 e. The molecule has 0 aliphatic carbocycles. The molecule has 122 valence electrons. The SMILES string of the molecule is Cc1c(OCc2ccc(F)c(F)c2)cccc1C1CCNCC1. The Morgan fingerprint density at radius 2 is 1.87 bits per heavy atom. The van der Waals surface area contributed by atoms with E-state index in [9.17, 15) is 8.78 Å². The van der Waals surface area contributed by atoms with E-state index in [0.717, 1.165) is 43.3 Å². The number of halogens is 2. The number of piperidine rings is 1. The van der Waals surface area contributed by atoms with Crippen molar-refractivity contribution in [3.05, 3.63) is 64.7 Å². The van der Waals surface area contributed by atoms with E-state index in [4.69, 9.17) is 4.74 Å². The van der Waals surface area contributed by atoms with Crippen LogP contribution in [-0.2, 0) is 6.61 Å². The summed E-state index contributed by atoms with van der Waals surface area (Å²) in [5, 5.41) is 3.38. The first-order valence-corrected chi connectivity index (χ1v) is 8.02. The summed E-state index contributed by atoms with van der Waals surface area (Å²) >= 11 is 0. The van der Waals surface area contributed by atoms with Gasteiger partial charge in [0, 0.05) is 0 Å². The van der Waals surface area contributed by atoms with E-state index in [1.807, 2.05) is 12.1 Å². The fraction of sp³-hybridized carbons (Fsp3) is 0.368. The van der Waals surface area contributed by atoms with Crippen LogP contribution in [0.25, 0.3) is 0 Å². The number of hydrogen-bond donors (Lipinski definition) is 1. The van der Waals surface area contributed by atoms with E-state index in [1.54, 1.807) is 6.07 Å². The van der Waals surface area contributed by atoms with Crippen LogP contribution >= 0.6 is 0 Å². The lowest BCUT2D eigenvalue weighted by molar-refractivity contribution is 0.302. The van der Waals surface area contributed by atoms with Gasteiger partial charge in [-0.3, -0.25) is 0 Å². The van der Waals surface area contributed by atoms with Gasteiger partial charge < -0.3 is 10.1 Å². The predicted octanol–water partition coefficient (Wildman–Crippen LogP) is 4.32. The topological polar surface area (TPSA) is 21.3 Å². The van der Waals surface area contributed by atoms with Crippen LogP contribution in [0.2, 0.25) is 0 Å². The van der Waals surface area contributed by atoms with Gasteiger partial charge in [0.1, 0.15) is 12.4 Å². The molecule has 0 radical (unpaired) electrons. The first kappa shape index (κ1) is 15.9. The molecule has 1 aliphatic heterocycles. The van der Waals surface area contributed by atoms with Gasteiger partial charge >= 0.3 is 0 Å². The van der Waals surface area contributed by atoms with Crippen molar-refractivity contribution in [3.63, 3.8) is 0 Å². The Bertz CT molecular complexity index is 681. The molecule has 1 fully saturated rings. The molecule has 0 saturated carbocycles. The molecule has 3 rings (SSSR count). The Labute approximate surface area is 135 Å². The highest BCUT2D eigenvalue weighted by molar-refractivity contribution is 5.41. The Kier molecular flexibility index (Phi) is 4.91. The molecule has 23 heavy (non-hydrogen) atoms. The van der Waals surface area contributed by atoms with Crippen LogP contribution in [0, 0.1) is 18.6 Å². The quantitative estimate of drug-likeness (QED) is 0.907. The third kappa shape index (κ3) is 3.70. The summed E-state index contributed by atoms with van der Waals surface area (Å²) < 4.78 is 32.1. The van der Waals surface area contributed by atoms with Crippen molar-refractivity contribution in [2.45, 2.75) is 32.3 Å². The highest BCUT2D eigenvalue weighted by atomic mass is 19.2. The minimum Gasteiger partial charge on any atom is -0.489 e. The maximum absolute atomic E-state index is 13.3. The second-order valence-electron chi connectivity index (χ2n) is 6.03. The largest absolute Gasteiger partial charge is 0.489 e. The molecule has 0 atom stereocenters. The lowest BCUT2D eigenvalue weighted by Crippen LogP contribution is -2.27. The zero-order valence-electron chi connectivity index (χ0n) is 13.2. The van der Waals surface area contributed by atoms with Crippen LogP contribution in [0.4, 0.5) is 8.78 Å². The molecule has 2 aromatic rings. The van der Waals surface area contributed by atoms with E-state index in [2.05, 4.69) is 18.3 Å². The van der Waals surface area contributed by atoms with Gasteiger partial charge in [0.05, 0.1) is 0 Å². The van der Waals surface area contributed by atoms with Crippen molar-refractivity contribution in [3.8, 4) is 5.75 Å². The van der Waals surface area contributed by atoms with Crippen molar-refractivity contribution in [2.24, 2.45) is 0 Å². The molecule has 0 bridgehead atoms. The van der Waals surface area contributed by atoms with Crippen molar-refractivity contribution >= 4 is 0 Å². The highest BCUT2D eigenvalue weighted by Crippen LogP contribution is 2.32. The average molecular weight is 317 g/mol. The third-order valence-corrected chi connectivity index (χ3v) is 4.48. The molecule has 2 aromatic carbocycles. The summed E-state index contributed by atoms with van der Waals surface area (Å²) in [5.74, 6) is -0.307. The molecule has 0 amide bonds. The van der Waals surface area contributed by atoms with Crippen LogP contribution in [0.5, 0.6) is 5.75 Å². The lowest BCUT2D eigenvalue weighted by atomic mass is 9.87. The molecule has 4 heteroatoms. The Hall–Kier alpha value is -1.94. The number of benzene rings is 2. The fourth-order valence-corrected chi connectivity index (χ4v) is 3.15. The van der Waals surface area contributed by atoms with Gasteiger partial charge in [0.25, 0.3) is 0 Å². The summed E-state index contributed by atoms with van der Waals surface area (Å²) in [5.41, 5.74) is 3.09. The summed E-state index contributed by atoms with van der Waals surface area (Å²) in [6, 6.07) is 9.96. The van der Waals surface area contributed by atoms with Crippen molar-refractivity contribution in [2.75, 3.05) is 13.1 Å². The average Bonchev–Trinajstić information content (AvgIpc) is 2.58. The van der Waals surface area contributed by atoms with Gasteiger partial charge in [0.15, 0.2) is 11.6 Å². The van der Waals surface area contributed by atoms with Crippen molar-refractivity contribution < 1.29 is 13.5 Å². The van der Waals surface area contributed by atoms with Gasteiger partial charge in [0.2, 0.25) is 0 Å². The minimum atomic E-state index is -0.841. The van der Waals surface area contributed by atoms with Crippen molar-refractivity contribution in [1.82, 2.24) is 5.32 Å². The van der Waals surface area contributed by atoms with Crippen LogP contribution < -0.4 is 10.1 Å². The molecular formula is C19H21F2NO. The molecule has 1 heterocycles. The number of nitrogens with one attached hydrogen (secondary N) is 1. The number of rotatable bonds is 4. The summed E-state index contributed by atoms with van der Waals surface area (Å²) in [7, 11) is 0. The van der Waals surface area contributed by atoms with Crippen LogP contribution in [-0.4, -0.2) is 13.1 Å². The van der Waals surface area contributed by atoms with E-state index in [-0.39, 0.29) is 6.61 Å². The van der Waals surface area contributed by atoms with E-state index in [1.165, 1.54) is 11.6 Å². The normalized spacial score (nSPS) is 15.6. The Balaban J connectivity index is 1.73. The van der Waals surface area contributed by atoms with E-state index >= 15 is 0 Å². The lowest BCUT2D eigenvalue weighted by Gasteiger charge is -2.25. The van der Waals surface area contributed by atoms with Crippen molar-refractivity contribution in [1.29, 1.82) is 0 Å². The van der Waals surface area contributed by atoms with E-state index < -0.39 is 11.6 Å². The predicted molar refractivity (Wildman–Crippen MR) is 86.7 cm³/mol. The maximum Gasteiger partial charge on any atom is 0.159 e. The van der Waals surface area contributed by atoms with Crippen LogP contribution in [0.15, 0.2) is 36.4 Å². The zero-order chi connectivity index (χ0) is 16.2. The Morgan fingerprint density at radius 1 is 1.09 bits per heavy atom. The molecule has 1 N–H and O–H groups in total. The molecule has 0 unspecified atom stereocenters. The second kappa shape index (κ2) is 7.09. The molecular weight excluding hydrogens is 296 g/mol. The highest BCUT2D eigenvalue weighted by Gasteiger charge is 2.18. The van der Waals surface area contributed by atoms with Crippen LogP contribution in [0.3, 0.4) is 0 Å². The number of ether oxygens (including phenoxy) is 1. The fourth-order valence-electron chi connectivity index (χ4n) is 3.15. The molecule has 0 spiro atoms. The molecule has 1 saturated heterocycles. The summed E-state index contributed by atoms with van der Waals surface area (Å²) in [6.45, 7) is 4.39. The van der Waals surface area contributed by atoms with E-state index in [0.29, 0.717) is 11.5 Å².